The SMILES string of the molecule is CCOc1ccc(C2(CNC(=O)c3cccc(OCC(=O)N(C)C)c3)CCOCC2)cc1. The Hall–Kier alpha value is -3.06. The highest BCUT2D eigenvalue weighted by Crippen LogP contribution is 2.35. The molecule has 7 nitrogen and oxygen atoms in total. The van der Waals surface area contributed by atoms with Crippen molar-refractivity contribution in [1.82, 2.24) is 10.2 Å². The van der Waals surface area contributed by atoms with Crippen molar-refractivity contribution in [3.63, 3.8) is 0 Å². The van der Waals surface area contributed by atoms with Gasteiger partial charge in [-0.1, -0.05) is 18.2 Å². The zero-order valence-corrected chi connectivity index (χ0v) is 19.1. The van der Waals surface area contributed by atoms with E-state index in [9.17, 15) is 9.59 Å². The van der Waals surface area contributed by atoms with E-state index in [4.69, 9.17) is 14.2 Å². The molecule has 172 valence electrons. The summed E-state index contributed by atoms with van der Waals surface area (Å²) in [6, 6.07) is 15.0. The van der Waals surface area contributed by atoms with Gasteiger partial charge in [-0.2, -0.15) is 0 Å². The molecule has 1 heterocycles. The van der Waals surface area contributed by atoms with Crippen LogP contribution < -0.4 is 14.8 Å². The van der Waals surface area contributed by atoms with Crippen molar-refractivity contribution in [2.24, 2.45) is 0 Å². The molecule has 2 amide bonds. The van der Waals surface area contributed by atoms with Gasteiger partial charge in [0.25, 0.3) is 11.8 Å². The van der Waals surface area contributed by atoms with Gasteiger partial charge in [0.05, 0.1) is 6.61 Å². The van der Waals surface area contributed by atoms with Crippen LogP contribution in [-0.2, 0) is 14.9 Å². The molecule has 0 bridgehead atoms. The highest BCUT2D eigenvalue weighted by molar-refractivity contribution is 5.94. The molecule has 0 unspecified atom stereocenters. The van der Waals surface area contributed by atoms with Gasteiger partial charge in [-0.3, -0.25) is 9.59 Å². The zero-order valence-electron chi connectivity index (χ0n) is 19.1. The standard InChI is InChI=1S/C25H32N2O5/c1-4-31-21-10-8-20(9-11-21)25(12-14-30-15-13-25)18-26-24(29)19-6-5-7-22(16-19)32-17-23(28)27(2)3/h5-11,16H,4,12-15,17-18H2,1-3H3,(H,26,29). The minimum atomic E-state index is -0.190. The van der Waals surface area contributed by atoms with Crippen LogP contribution in [0.2, 0.25) is 0 Å². The number of benzene rings is 2. The van der Waals surface area contributed by atoms with Gasteiger partial charge in [-0.05, 0) is 55.7 Å². The van der Waals surface area contributed by atoms with Gasteiger partial charge in [0, 0.05) is 44.8 Å². The second-order valence-corrected chi connectivity index (χ2v) is 8.14. The minimum Gasteiger partial charge on any atom is -0.494 e. The molecule has 3 rings (SSSR count). The number of hydrogen-bond donors (Lipinski definition) is 1. The smallest absolute Gasteiger partial charge is 0.259 e. The van der Waals surface area contributed by atoms with Crippen LogP contribution in [0.5, 0.6) is 11.5 Å². The lowest BCUT2D eigenvalue weighted by atomic mass is 9.74. The lowest BCUT2D eigenvalue weighted by Crippen LogP contribution is -2.44. The topological polar surface area (TPSA) is 77.1 Å². The number of carbonyl (C=O) groups is 2. The Morgan fingerprint density at radius 3 is 2.41 bits per heavy atom. The van der Waals surface area contributed by atoms with Crippen LogP contribution in [0, 0.1) is 0 Å². The predicted octanol–water partition coefficient (Wildman–Crippen LogP) is 3.03. The molecule has 0 aliphatic carbocycles. The van der Waals surface area contributed by atoms with E-state index in [1.165, 1.54) is 10.5 Å². The average molecular weight is 441 g/mol. The number of carbonyl (C=O) groups excluding carboxylic acids is 2. The third-order valence-electron chi connectivity index (χ3n) is 5.77. The van der Waals surface area contributed by atoms with Crippen molar-refractivity contribution >= 4 is 11.8 Å². The maximum atomic E-state index is 12.9. The Morgan fingerprint density at radius 1 is 1.03 bits per heavy atom. The van der Waals surface area contributed by atoms with E-state index < -0.39 is 0 Å². The Morgan fingerprint density at radius 2 is 1.75 bits per heavy atom. The summed E-state index contributed by atoms with van der Waals surface area (Å²) in [5.74, 6) is 1.01. The summed E-state index contributed by atoms with van der Waals surface area (Å²) in [6.07, 6.45) is 1.66. The highest BCUT2D eigenvalue weighted by Gasteiger charge is 2.35. The quantitative estimate of drug-likeness (QED) is 0.649. The number of ether oxygens (including phenoxy) is 3. The number of nitrogens with one attached hydrogen (secondary N) is 1. The van der Waals surface area contributed by atoms with E-state index in [0.29, 0.717) is 37.7 Å². The molecule has 2 aromatic rings. The molecule has 1 fully saturated rings. The fourth-order valence-electron chi connectivity index (χ4n) is 3.75. The van der Waals surface area contributed by atoms with Crippen molar-refractivity contribution in [3.05, 3.63) is 59.7 Å². The lowest BCUT2D eigenvalue weighted by molar-refractivity contribution is -0.130. The molecule has 0 atom stereocenters. The first-order valence-corrected chi connectivity index (χ1v) is 11.0. The molecule has 0 spiro atoms. The number of nitrogens with zero attached hydrogens (tertiary/aromatic N) is 1. The predicted molar refractivity (Wildman–Crippen MR) is 122 cm³/mol. The molecule has 0 radical (unpaired) electrons. The van der Waals surface area contributed by atoms with Crippen molar-refractivity contribution in [1.29, 1.82) is 0 Å². The largest absolute Gasteiger partial charge is 0.494 e. The summed E-state index contributed by atoms with van der Waals surface area (Å²) < 4.78 is 16.7. The molecule has 1 aliphatic rings. The van der Waals surface area contributed by atoms with Gasteiger partial charge in [0.15, 0.2) is 6.61 Å². The van der Waals surface area contributed by atoms with Crippen molar-refractivity contribution < 1.29 is 23.8 Å². The minimum absolute atomic E-state index is 0.0705. The van der Waals surface area contributed by atoms with Crippen molar-refractivity contribution in [2.75, 3.05) is 47.1 Å². The van der Waals surface area contributed by atoms with Gasteiger partial charge >= 0.3 is 0 Å². The van der Waals surface area contributed by atoms with Crippen LogP contribution in [0.3, 0.4) is 0 Å². The van der Waals surface area contributed by atoms with E-state index >= 15 is 0 Å². The summed E-state index contributed by atoms with van der Waals surface area (Å²) in [4.78, 5) is 26.1. The van der Waals surface area contributed by atoms with Crippen LogP contribution >= 0.6 is 0 Å². The van der Waals surface area contributed by atoms with Crippen LogP contribution in [0.1, 0.15) is 35.7 Å². The first-order valence-electron chi connectivity index (χ1n) is 11.0. The number of amides is 2. The summed E-state index contributed by atoms with van der Waals surface area (Å²) in [7, 11) is 3.35. The van der Waals surface area contributed by atoms with Gasteiger partial charge in [-0.15, -0.1) is 0 Å². The molecule has 32 heavy (non-hydrogen) atoms. The van der Waals surface area contributed by atoms with E-state index in [0.717, 1.165) is 18.6 Å². The molecule has 1 saturated heterocycles. The molecular weight excluding hydrogens is 408 g/mol. The van der Waals surface area contributed by atoms with E-state index in [1.54, 1.807) is 38.4 Å². The maximum Gasteiger partial charge on any atom is 0.259 e. The van der Waals surface area contributed by atoms with Gasteiger partial charge < -0.3 is 24.4 Å². The molecule has 0 aromatic heterocycles. The second kappa shape index (κ2) is 11.0. The van der Waals surface area contributed by atoms with Gasteiger partial charge in [-0.25, -0.2) is 0 Å². The Labute approximate surface area is 189 Å². The molecule has 7 heteroatoms. The molecule has 1 aliphatic heterocycles. The van der Waals surface area contributed by atoms with Gasteiger partial charge in [0.2, 0.25) is 0 Å². The van der Waals surface area contributed by atoms with E-state index in [-0.39, 0.29) is 23.8 Å². The lowest BCUT2D eigenvalue weighted by Gasteiger charge is -2.38. The van der Waals surface area contributed by atoms with Gasteiger partial charge in [0.1, 0.15) is 11.5 Å². The number of likely N-dealkylation sites (N-methyl/N-ethyl adjacent to an activating group) is 1. The second-order valence-electron chi connectivity index (χ2n) is 8.14. The van der Waals surface area contributed by atoms with Crippen LogP contribution in [0.4, 0.5) is 0 Å². The first kappa shape index (κ1) is 23.6. The summed E-state index contributed by atoms with van der Waals surface area (Å²) in [5.41, 5.74) is 1.47. The fraction of sp³-hybridized carbons (Fsp3) is 0.440. The van der Waals surface area contributed by atoms with Crippen LogP contribution in [0.15, 0.2) is 48.5 Å². The summed E-state index contributed by atoms with van der Waals surface area (Å²) >= 11 is 0. The zero-order chi connectivity index (χ0) is 23.0. The molecular formula is C25H32N2O5. The summed E-state index contributed by atoms with van der Waals surface area (Å²) in [5, 5.41) is 3.10. The van der Waals surface area contributed by atoms with E-state index in [2.05, 4.69) is 17.4 Å². The van der Waals surface area contributed by atoms with Crippen molar-refractivity contribution in [2.45, 2.75) is 25.2 Å². The summed E-state index contributed by atoms with van der Waals surface area (Å²) in [6.45, 7) is 4.34. The van der Waals surface area contributed by atoms with Crippen LogP contribution in [-0.4, -0.2) is 63.8 Å². The van der Waals surface area contributed by atoms with E-state index in [1.807, 2.05) is 19.1 Å². The highest BCUT2D eigenvalue weighted by atomic mass is 16.5. The Kier molecular flexibility index (Phi) is 8.11. The Balaban J connectivity index is 1.68. The number of hydrogen-bond acceptors (Lipinski definition) is 5. The first-order chi connectivity index (χ1) is 15.4. The number of rotatable bonds is 9. The third-order valence-corrected chi connectivity index (χ3v) is 5.77. The third kappa shape index (κ3) is 6.01. The normalized spacial score (nSPS) is 15.0. The van der Waals surface area contributed by atoms with Crippen LogP contribution in [0.25, 0.3) is 0 Å². The van der Waals surface area contributed by atoms with Crippen molar-refractivity contribution in [3.8, 4) is 11.5 Å². The molecule has 2 aromatic carbocycles. The monoisotopic (exact) mass is 440 g/mol. The molecule has 0 saturated carbocycles. The maximum absolute atomic E-state index is 12.9. The average Bonchev–Trinajstić information content (AvgIpc) is 2.82. The molecule has 1 N–H and O–H groups in total. The Bertz CT molecular complexity index is 905. The fourth-order valence-corrected chi connectivity index (χ4v) is 3.75.